The molecule has 3 unspecified atom stereocenters. The zero-order chi connectivity index (χ0) is 16.3. The molecule has 0 saturated heterocycles. The van der Waals surface area contributed by atoms with Gasteiger partial charge in [-0.3, -0.25) is 4.79 Å². The summed E-state index contributed by atoms with van der Waals surface area (Å²) in [4.78, 5) is 11.8. The number of carbonyl (C=O) groups excluding carboxylic acids is 1. The molecule has 1 fully saturated rings. The monoisotopic (exact) mass is 330 g/mol. The third kappa shape index (κ3) is 6.21. The Morgan fingerprint density at radius 3 is 2.43 bits per heavy atom. The molecule has 9 heteroatoms. The first-order valence-electron chi connectivity index (χ1n) is 6.81. The SMILES string of the molecule is CS(=O)(=O)CCC(N)C(=O)NC1CCCCC1C(F)(F)F. The van der Waals surface area contributed by atoms with Crippen LogP contribution in [0.4, 0.5) is 13.2 Å². The number of rotatable bonds is 5. The molecule has 0 aromatic heterocycles. The quantitative estimate of drug-likeness (QED) is 0.786. The zero-order valence-electron chi connectivity index (χ0n) is 11.8. The van der Waals surface area contributed by atoms with Gasteiger partial charge in [0.15, 0.2) is 0 Å². The predicted molar refractivity (Wildman–Crippen MR) is 72.2 cm³/mol. The van der Waals surface area contributed by atoms with Crippen LogP contribution in [0.3, 0.4) is 0 Å². The van der Waals surface area contributed by atoms with Gasteiger partial charge in [0, 0.05) is 12.3 Å². The lowest BCUT2D eigenvalue weighted by molar-refractivity contribution is -0.189. The second kappa shape index (κ2) is 6.95. The van der Waals surface area contributed by atoms with Crippen LogP contribution in [0.15, 0.2) is 0 Å². The van der Waals surface area contributed by atoms with E-state index in [1.54, 1.807) is 0 Å². The van der Waals surface area contributed by atoms with E-state index in [0.29, 0.717) is 12.8 Å². The minimum absolute atomic E-state index is 0.00692. The van der Waals surface area contributed by atoms with Crippen molar-refractivity contribution in [1.82, 2.24) is 5.32 Å². The van der Waals surface area contributed by atoms with Crippen LogP contribution in [0.1, 0.15) is 32.1 Å². The average Bonchev–Trinajstić information content (AvgIpc) is 2.34. The smallest absolute Gasteiger partial charge is 0.351 e. The van der Waals surface area contributed by atoms with Gasteiger partial charge in [-0.25, -0.2) is 8.42 Å². The fraction of sp³-hybridized carbons (Fsp3) is 0.917. The van der Waals surface area contributed by atoms with E-state index in [9.17, 15) is 26.4 Å². The Balaban J connectivity index is 2.59. The maximum atomic E-state index is 12.9. The minimum atomic E-state index is -4.35. The number of nitrogens with two attached hydrogens (primary N) is 1. The van der Waals surface area contributed by atoms with Crippen molar-refractivity contribution in [3.05, 3.63) is 0 Å². The summed E-state index contributed by atoms with van der Waals surface area (Å²) in [5.74, 6) is -2.55. The maximum Gasteiger partial charge on any atom is 0.393 e. The lowest BCUT2D eigenvalue weighted by Gasteiger charge is -2.34. The third-order valence-corrected chi connectivity index (χ3v) is 4.63. The summed E-state index contributed by atoms with van der Waals surface area (Å²) in [5.41, 5.74) is 5.54. The van der Waals surface area contributed by atoms with Crippen molar-refractivity contribution < 1.29 is 26.4 Å². The van der Waals surface area contributed by atoms with E-state index in [1.807, 2.05) is 0 Å². The standard InChI is InChI=1S/C12H21F3N2O3S/c1-21(19,20)7-6-9(16)11(18)17-10-5-3-2-4-8(10)12(13,14)15/h8-10H,2-7,16H2,1H3,(H,17,18). The largest absolute Gasteiger partial charge is 0.393 e. The van der Waals surface area contributed by atoms with Crippen LogP contribution < -0.4 is 11.1 Å². The number of nitrogens with one attached hydrogen (secondary N) is 1. The Morgan fingerprint density at radius 2 is 1.90 bits per heavy atom. The van der Waals surface area contributed by atoms with Crippen molar-refractivity contribution in [2.75, 3.05) is 12.0 Å². The molecule has 0 heterocycles. The predicted octanol–water partition coefficient (Wildman–Crippen LogP) is 0.986. The van der Waals surface area contributed by atoms with Gasteiger partial charge in [-0.1, -0.05) is 12.8 Å². The number of hydrogen-bond acceptors (Lipinski definition) is 4. The van der Waals surface area contributed by atoms with Crippen LogP contribution in [0.5, 0.6) is 0 Å². The number of halogens is 3. The summed E-state index contributed by atoms with van der Waals surface area (Å²) in [6, 6.07) is -2.09. The Kier molecular flexibility index (Phi) is 6.03. The fourth-order valence-corrected chi connectivity index (χ4v) is 3.14. The van der Waals surface area contributed by atoms with Crippen molar-refractivity contribution in [1.29, 1.82) is 0 Å². The van der Waals surface area contributed by atoms with E-state index in [0.717, 1.165) is 6.26 Å². The third-order valence-electron chi connectivity index (χ3n) is 3.65. The molecule has 0 radical (unpaired) electrons. The second-order valence-electron chi connectivity index (χ2n) is 5.57. The summed E-state index contributed by atoms with van der Waals surface area (Å²) in [7, 11) is -3.26. The molecule has 1 amide bonds. The van der Waals surface area contributed by atoms with Crippen LogP contribution >= 0.6 is 0 Å². The highest BCUT2D eigenvalue weighted by molar-refractivity contribution is 7.90. The molecule has 5 nitrogen and oxygen atoms in total. The summed E-state index contributed by atoms with van der Waals surface area (Å²) in [6.45, 7) is 0. The minimum Gasteiger partial charge on any atom is -0.351 e. The average molecular weight is 330 g/mol. The van der Waals surface area contributed by atoms with Crippen molar-refractivity contribution in [2.45, 2.75) is 50.4 Å². The number of alkyl halides is 3. The molecule has 124 valence electrons. The molecule has 3 atom stereocenters. The molecule has 0 bridgehead atoms. The number of hydrogen-bond donors (Lipinski definition) is 2. The molecular weight excluding hydrogens is 309 g/mol. The molecule has 0 spiro atoms. The van der Waals surface area contributed by atoms with E-state index in [4.69, 9.17) is 5.73 Å². The highest BCUT2D eigenvalue weighted by Crippen LogP contribution is 2.37. The molecule has 0 aliphatic heterocycles. The van der Waals surface area contributed by atoms with Gasteiger partial charge in [0.25, 0.3) is 0 Å². The first kappa shape index (κ1) is 18.2. The fourth-order valence-electron chi connectivity index (χ4n) is 2.46. The highest BCUT2D eigenvalue weighted by Gasteiger charge is 2.46. The van der Waals surface area contributed by atoms with Crippen LogP contribution in [0.2, 0.25) is 0 Å². The van der Waals surface area contributed by atoms with Gasteiger partial charge < -0.3 is 11.1 Å². The van der Waals surface area contributed by atoms with E-state index in [2.05, 4.69) is 5.32 Å². The maximum absolute atomic E-state index is 12.9. The number of sulfone groups is 1. The van der Waals surface area contributed by atoms with Gasteiger partial charge in [-0.05, 0) is 19.3 Å². The lowest BCUT2D eigenvalue weighted by atomic mass is 9.84. The van der Waals surface area contributed by atoms with Gasteiger partial charge in [0.05, 0.1) is 17.7 Å². The van der Waals surface area contributed by atoms with Gasteiger partial charge in [0.1, 0.15) is 9.84 Å². The Hall–Kier alpha value is -0.830. The van der Waals surface area contributed by atoms with E-state index in [-0.39, 0.29) is 25.0 Å². The van der Waals surface area contributed by atoms with Crippen molar-refractivity contribution in [3.63, 3.8) is 0 Å². The molecule has 0 aromatic carbocycles. The summed E-state index contributed by atoms with van der Waals surface area (Å²) in [5, 5.41) is 2.33. The van der Waals surface area contributed by atoms with Crippen molar-refractivity contribution in [2.24, 2.45) is 11.7 Å². The summed E-state index contributed by atoms with van der Waals surface area (Å²) < 4.78 is 60.6. The molecule has 1 rings (SSSR count). The van der Waals surface area contributed by atoms with Gasteiger partial charge in [-0.15, -0.1) is 0 Å². The Bertz CT molecular complexity index is 465. The second-order valence-corrected chi connectivity index (χ2v) is 7.83. The van der Waals surface area contributed by atoms with Crippen LogP contribution in [0, 0.1) is 5.92 Å². The molecule has 0 aromatic rings. The molecule has 1 saturated carbocycles. The highest BCUT2D eigenvalue weighted by atomic mass is 32.2. The number of carbonyl (C=O) groups is 1. The van der Waals surface area contributed by atoms with Gasteiger partial charge in [-0.2, -0.15) is 13.2 Å². The van der Waals surface area contributed by atoms with Gasteiger partial charge >= 0.3 is 6.18 Å². The van der Waals surface area contributed by atoms with E-state index >= 15 is 0 Å². The summed E-state index contributed by atoms with van der Waals surface area (Å²) >= 11 is 0. The van der Waals surface area contributed by atoms with E-state index < -0.39 is 39.9 Å². The van der Waals surface area contributed by atoms with Gasteiger partial charge in [0.2, 0.25) is 5.91 Å². The normalized spacial score (nSPS) is 25.4. The van der Waals surface area contributed by atoms with Crippen LogP contribution in [-0.4, -0.2) is 44.6 Å². The molecular formula is C12H21F3N2O3S. The van der Waals surface area contributed by atoms with Crippen molar-refractivity contribution in [3.8, 4) is 0 Å². The Labute approximate surface area is 122 Å². The first-order chi connectivity index (χ1) is 9.50. The molecule has 1 aliphatic carbocycles. The number of amides is 1. The van der Waals surface area contributed by atoms with Crippen molar-refractivity contribution >= 4 is 15.7 Å². The van der Waals surface area contributed by atoms with Crippen LogP contribution in [-0.2, 0) is 14.6 Å². The zero-order valence-corrected chi connectivity index (χ0v) is 12.6. The molecule has 1 aliphatic rings. The molecule has 3 N–H and O–H groups in total. The topological polar surface area (TPSA) is 89.3 Å². The van der Waals surface area contributed by atoms with E-state index in [1.165, 1.54) is 0 Å². The molecule has 21 heavy (non-hydrogen) atoms. The summed E-state index contributed by atoms with van der Waals surface area (Å²) in [6.07, 6.45) is -2.09. The first-order valence-corrected chi connectivity index (χ1v) is 8.87. The lowest BCUT2D eigenvalue weighted by Crippen LogP contribution is -2.52. The van der Waals surface area contributed by atoms with Crippen LogP contribution in [0.25, 0.3) is 0 Å². The Morgan fingerprint density at radius 1 is 1.33 bits per heavy atom.